The Balaban J connectivity index is 1.40. The van der Waals surface area contributed by atoms with E-state index in [0.29, 0.717) is 0 Å². The van der Waals surface area contributed by atoms with Crippen LogP contribution in [-0.2, 0) is 6.54 Å². The van der Waals surface area contributed by atoms with Crippen molar-refractivity contribution in [1.82, 2.24) is 19.8 Å². The van der Waals surface area contributed by atoms with Crippen molar-refractivity contribution in [2.45, 2.75) is 13.0 Å². The van der Waals surface area contributed by atoms with E-state index in [-0.39, 0.29) is 5.91 Å². The number of pyridine rings is 1. The lowest BCUT2D eigenvalue weighted by Crippen LogP contribution is -2.34. The molecule has 3 aromatic heterocycles. The molecular weight excluding hydrogens is 364 g/mol. The Morgan fingerprint density at radius 1 is 1.04 bits per heavy atom. The van der Waals surface area contributed by atoms with Gasteiger partial charge < -0.3 is 4.90 Å². The Kier molecular flexibility index (Phi) is 5.38. The van der Waals surface area contributed by atoms with Crippen LogP contribution in [0, 0.1) is 0 Å². The first-order valence-electron chi connectivity index (χ1n) is 8.71. The number of nitrogens with zero attached hydrogens (tertiary/aromatic N) is 4. The van der Waals surface area contributed by atoms with Crippen molar-refractivity contribution in [2.75, 3.05) is 26.2 Å². The molecule has 0 aliphatic carbocycles. The summed E-state index contributed by atoms with van der Waals surface area (Å²) in [7, 11) is 0. The Bertz CT molecular complexity index is 848. The van der Waals surface area contributed by atoms with Crippen molar-refractivity contribution in [3.8, 4) is 10.6 Å². The summed E-state index contributed by atoms with van der Waals surface area (Å²) in [5.41, 5.74) is 0.919. The van der Waals surface area contributed by atoms with Crippen LogP contribution in [0.25, 0.3) is 10.6 Å². The molecule has 7 heteroatoms. The molecule has 0 aromatic carbocycles. The number of thiophene rings is 1. The fraction of sp³-hybridized carbons (Fsp3) is 0.316. The second-order valence-electron chi connectivity index (χ2n) is 6.23. The van der Waals surface area contributed by atoms with Crippen LogP contribution in [0.2, 0.25) is 0 Å². The largest absolute Gasteiger partial charge is 0.337 e. The molecule has 0 N–H and O–H groups in total. The number of thiazole rings is 1. The average Bonchev–Trinajstić information content (AvgIpc) is 3.31. The lowest BCUT2D eigenvalue weighted by atomic mass is 10.3. The smallest absolute Gasteiger partial charge is 0.263 e. The molecule has 4 heterocycles. The number of carbonyl (C=O) groups excluding carboxylic acids is 1. The number of hydrogen-bond donors (Lipinski definition) is 0. The number of amides is 1. The fourth-order valence-corrected chi connectivity index (χ4v) is 4.72. The molecule has 0 spiro atoms. The van der Waals surface area contributed by atoms with Crippen molar-refractivity contribution in [3.63, 3.8) is 0 Å². The summed E-state index contributed by atoms with van der Waals surface area (Å²) < 4.78 is 0. The van der Waals surface area contributed by atoms with E-state index in [1.807, 2.05) is 46.8 Å². The quantitative estimate of drug-likeness (QED) is 0.689. The average molecular weight is 385 g/mol. The van der Waals surface area contributed by atoms with Crippen molar-refractivity contribution < 1.29 is 4.79 Å². The van der Waals surface area contributed by atoms with Gasteiger partial charge in [-0.3, -0.25) is 14.7 Å². The van der Waals surface area contributed by atoms with Crippen LogP contribution in [0.5, 0.6) is 0 Å². The number of hydrogen-bond acceptors (Lipinski definition) is 6. The van der Waals surface area contributed by atoms with E-state index in [4.69, 9.17) is 0 Å². The highest BCUT2D eigenvalue weighted by atomic mass is 32.1. The van der Waals surface area contributed by atoms with Crippen LogP contribution in [0.4, 0.5) is 0 Å². The molecule has 1 saturated heterocycles. The van der Waals surface area contributed by atoms with Crippen LogP contribution in [0.1, 0.15) is 21.1 Å². The van der Waals surface area contributed by atoms with Gasteiger partial charge in [0.05, 0.1) is 22.0 Å². The topological polar surface area (TPSA) is 49.3 Å². The molecule has 1 amide bonds. The van der Waals surface area contributed by atoms with Gasteiger partial charge in [-0.1, -0.05) is 6.07 Å². The highest BCUT2D eigenvalue weighted by Crippen LogP contribution is 2.27. The van der Waals surface area contributed by atoms with Gasteiger partial charge in [-0.2, -0.15) is 0 Å². The van der Waals surface area contributed by atoms with Crippen LogP contribution >= 0.6 is 22.7 Å². The molecule has 1 fully saturated rings. The van der Waals surface area contributed by atoms with Crippen molar-refractivity contribution in [2.24, 2.45) is 0 Å². The predicted molar refractivity (Wildman–Crippen MR) is 105 cm³/mol. The Labute approximate surface area is 160 Å². The van der Waals surface area contributed by atoms with Crippen molar-refractivity contribution >= 4 is 28.6 Å². The van der Waals surface area contributed by atoms with E-state index in [1.165, 1.54) is 11.3 Å². The zero-order valence-electron chi connectivity index (χ0n) is 14.4. The van der Waals surface area contributed by atoms with Crippen LogP contribution in [-0.4, -0.2) is 51.9 Å². The third-order valence-electron chi connectivity index (χ3n) is 4.45. The van der Waals surface area contributed by atoms with Crippen LogP contribution in [0.3, 0.4) is 0 Å². The summed E-state index contributed by atoms with van der Waals surface area (Å²) >= 11 is 3.21. The maximum atomic E-state index is 12.9. The summed E-state index contributed by atoms with van der Waals surface area (Å²) in [6.45, 7) is 4.35. The molecule has 1 aliphatic rings. The number of rotatable bonds is 4. The van der Waals surface area contributed by atoms with E-state index in [2.05, 4.69) is 14.9 Å². The molecular formula is C19H20N4OS2. The minimum Gasteiger partial charge on any atom is -0.337 e. The first kappa shape index (κ1) is 17.3. The van der Waals surface area contributed by atoms with Gasteiger partial charge in [0.2, 0.25) is 0 Å². The molecule has 26 heavy (non-hydrogen) atoms. The van der Waals surface area contributed by atoms with E-state index in [0.717, 1.165) is 59.6 Å². The summed E-state index contributed by atoms with van der Waals surface area (Å²) in [5.74, 6) is 0.133. The zero-order valence-corrected chi connectivity index (χ0v) is 16.0. The SMILES string of the molecule is O=C(c1ccc(-c2ccccn2)s1)N1CCCN(Cc2nccs2)CC1. The molecule has 0 atom stereocenters. The van der Waals surface area contributed by atoms with Crippen LogP contribution < -0.4 is 0 Å². The number of aromatic nitrogens is 2. The van der Waals surface area contributed by atoms with E-state index >= 15 is 0 Å². The fourth-order valence-electron chi connectivity index (χ4n) is 3.11. The maximum absolute atomic E-state index is 12.9. The summed E-state index contributed by atoms with van der Waals surface area (Å²) in [6, 6.07) is 9.76. The van der Waals surface area contributed by atoms with E-state index in [1.54, 1.807) is 17.5 Å². The van der Waals surface area contributed by atoms with E-state index in [9.17, 15) is 4.79 Å². The Hall–Kier alpha value is -2.09. The molecule has 0 saturated carbocycles. The van der Waals surface area contributed by atoms with Gasteiger partial charge in [0.25, 0.3) is 5.91 Å². The van der Waals surface area contributed by atoms with Crippen molar-refractivity contribution in [3.05, 3.63) is 58.0 Å². The molecule has 5 nitrogen and oxygen atoms in total. The summed E-state index contributed by atoms with van der Waals surface area (Å²) in [6.07, 6.45) is 4.63. The molecule has 3 aromatic rings. The third kappa shape index (κ3) is 4.00. The van der Waals surface area contributed by atoms with Gasteiger partial charge in [0.15, 0.2) is 0 Å². The first-order valence-corrected chi connectivity index (χ1v) is 10.4. The second-order valence-corrected chi connectivity index (χ2v) is 8.29. The second kappa shape index (κ2) is 8.07. The third-order valence-corrected chi connectivity index (χ3v) is 6.31. The minimum absolute atomic E-state index is 0.133. The van der Waals surface area contributed by atoms with Gasteiger partial charge in [-0.05, 0) is 30.7 Å². The normalized spacial score (nSPS) is 15.8. The highest BCUT2D eigenvalue weighted by molar-refractivity contribution is 7.17. The van der Waals surface area contributed by atoms with Gasteiger partial charge in [-0.15, -0.1) is 22.7 Å². The maximum Gasteiger partial charge on any atom is 0.263 e. The first-order chi connectivity index (χ1) is 12.8. The molecule has 0 bridgehead atoms. The lowest BCUT2D eigenvalue weighted by molar-refractivity contribution is 0.0766. The Morgan fingerprint density at radius 2 is 2.00 bits per heavy atom. The molecule has 0 radical (unpaired) electrons. The highest BCUT2D eigenvalue weighted by Gasteiger charge is 2.22. The summed E-state index contributed by atoms with van der Waals surface area (Å²) in [4.78, 5) is 27.8. The van der Waals surface area contributed by atoms with Crippen molar-refractivity contribution in [1.29, 1.82) is 0 Å². The van der Waals surface area contributed by atoms with Crippen LogP contribution in [0.15, 0.2) is 48.1 Å². The standard InChI is InChI=1S/C19H20N4OS2/c24-19(17-6-5-16(26-17)15-4-1-2-7-20-15)23-10-3-9-22(11-12-23)14-18-21-8-13-25-18/h1-2,4-8,13H,3,9-12,14H2. The predicted octanol–water partition coefficient (Wildman–Crippen LogP) is 3.61. The van der Waals surface area contributed by atoms with E-state index < -0.39 is 0 Å². The lowest BCUT2D eigenvalue weighted by Gasteiger charge is -2.21. The molecule has 0 unspecified atom stereocenters. The molecule has 1 aliphatic heterocycles. The Morgan fingerprint density at radius 3 is 2.81 bits per heavy atom. The van der Waals surface area contributed by atoms with Gasteiger partial charge >= 0.3 is 0 Å². The van der Waals surface area contributed by atoms with Gasteiger partial charge in [0.1, 0.15) is 5.01 Å². The monoisotopic (exact) mass is 384 g/mol. The minimum atomic E-state index is 0.133. The zero-order chi connectivity index (χ0) is 17.8. The molecule has 4 rings (SSSR count). The van der Waals surface area contributed by atoms with Gasteiger partial charge in [0, 0.05) is 44.0 Å². The van der Waals surface area contributed by atoms with Gasteiger partial charge in [-0.25, -0.2) is 4.98 Å². The molecule has 134 valence electrons. The summed E-state index contributed by atoms with van der Waals surface area (Å²) in [5, 5.41) is 3.15. The number of carbonyl (C=O) groups is 1.